The third-order valence-electron chi connectivity index (χ3n) is 2.71. The van der Waals surface area contributed by atoms with E-state index in [9.17, 15) is 0 Å². The Morgan fingerprint density at radius 1 is 0.737 bits per heavy atom. The minimum Gasteiger partial charge on any atom is -0.410 e. The Morgan fingerprint density at radius 3 is 1.21 bits per heavy atom. The van der Waals surface area contributed by atoms with Gasteiger partial charge in [-0.1, -0.05) is 0 Å². The van der Waals surface area contributed by atoms with Crippen LogP contribution in [0.15, 0.2) is 0 Å². The number of nitrogens with zero attached hydrogens (tertiary/aromatic N) is 2. The molecule has 4 nitrogen and oxygen atoms in total. The normalized spacial score (nSPS) is 18.9. The largest absolute Gasteiger partial charge is 2.00 e. The van der Waals surface area contributed by atoms with Crippen molar-refractivity contribution in [2.75, 3.05) is 26.2 Å². The predicted octanol–water partition coefficient (Wildman–Crippen LogP) is 0.835. The fourth-order valence-electron chi connectivity index (χ4n) is 1.92. The summed E-state index contributed by atoms with van der Waals surface area (Å²) < 4.78 is 0.911. The summed E-state index contributed by atoms with van der Waals surface area (Å²) in [6, 6.07) is 0. The van der Waals surface area contributed by atoms with Gasteiger partial charge < -0.3 is 60.5 Å². The van der Waals surface area contributed by atoms with Gasteiger partial charge in [0.1, 0.15) is 0 Å². The summed E-state index contributed by atoms with van der Waals surface area (Å²) >= 11 is 18.8. The van der Waals surface area contributed by atoms with Gasteiger partial charge in [-0.15, -0.1) is 0 Å². The Hall–Kier alpha value is 0.802. The van der Waals surface area contributed by atoms with Crippen LogP contribution in [0.5, 0.6) is 0 Å². The van der Waals surface area contributed by atoms with Crippen LogP contribution < -0.4 is 10.9 Å². The Labute approximate surface area is 150 Å². The molecule has 0 aliphatic carbocycles. The zero-order valence-electron chi connectivity index (χ0n) is 10.5. The summed E-state index contributed by atoms with van der Waals surface area (Å²) in [6.45, 7) is 4.32. The summed E-state index contributed by atoms with van der Waals surface area (Å²) in [5.41, 5.74) is 5.84. The van der Waals surface area contributed by atoms with Crippen molar-refractivity contribution in [3.63, 3.8) is 0 Å². The van der Waals surface area contributed by atoms with Crippen molar-refractivity contribution in [3.05, 3.63) is 0 Å². The van der Waals surface area contributed by atoms with Crippen molar-refractivity contribution < 1.29 is 20.4 Å². The van der Waals surface area contributed by atoms with Crippen molar-refractivity contribution in [3.8, 4) is 0 Å². The Morgan fingerprint density at radius 2 is 1.00 bits per heavy atom. The molecule has 0 aromatic heterocycles. The zero-order valence-corrected chi connectivity index (χ0v) is 15.3. The second-order valence-corrected chi connectivity index (χ2v) is 6.34. The third kappa shape index (κ3) is 10.2. The minimum atomic E-state index is 0. The van der Waals surface area contributed by atoms with Crippen LogP contribution >= 0.6 is 24.4 Å². The SMILES string of the molecule is S=C([S-])NN1CCCC1.S=C([S-])NN1CCCC1.[Pd+2]. The van der Waals surface area contributed by atoms with Crippen molar-refractivity contribution in [1.29, 1.82) is 0 Å². The summed E-state index contributed by atoms with van der Waals surface area (Å²) in [5.74, 6) is 0. The van der Waals surface area contributed by atoms with Crippen LogP contribution in [0.25, 0.3) is 0 Å². The standard InChI is InChI=1S/2C5H10N2S2.Pd/c2*8-5(9)6-7-3-1-2-4-7;/h2*1-4H2,(H2,6,8,9);/q;;+2/p-2. The monoisotopic (exact) mass is 428 g/mol. The molecule has 2 fully saturated rings. The number of hydrogen-bond donors (Lipinski definition) is 2. The molecule has 0 amide bonds. The molecule has 112 valence electrons. The van der Waals surface area contributed by atoms with E-state index < -0.39 is 0 Å². The number of hydrogen-bond acceptors (Lipinski definition) is 6. The van der Waals surface area contributed by atoms with E-state index in [1.54, 1.807) is 0 Å². The van der Waals surface area contributed by atoms with Crippen LogP contribution in [0.4, 0.5) is 0 Å². The molecule has 19 heavy (non-hydrogen) atoms. The fraction of sp³-hybridized carbons (Fsp3) is 0.800. The second kappa shape index (κ2) is 11.5. The molecule has 0 unspecified atom stereocenters. The first-order chi connectivity index (χ1) is 8.58. The van der Waals surface area contributed by atoms with Gasteiger partial charge in [-0.25, -0.2) is 10.0 Å². The minimum absolute atomic E-state index is 0. The van der Waals surface area contributed by atoms with Gasteiger partial charge in [-0.05, 0) is 34.3 Å². The van der Waals surface area contributed by atoms with Crippen molar-refractivity contribution in [2.24, 2.45) is 0 Å². The first kappa shape index (κ1) is 19.8. The quantitative estimate of drug-likeness (QED) is 0.380. The molecule has 0 aromatic carbocycles. The maximum Gasteiger partial charge on any atom is 2.00 e. The van der Waals surface area contributed by atoms with Crippen molar-refractivity contribution in [2.45, 2.75) is 25.7 Å². The van der Waals surface area contributed by atoms with E-state index in [1.807, 2.05) is 0 Å². The van der Waals surface area contributed by atoms with Crippen LogP contribution in [0.1, 0.15) is 25.7 Å². The topological polar surface area (TPSA) is 30.5 Å². The van der Waals surface area contributed by atoms with E-state index >= 15 is 0 Å². The van der Waals surface area contributed by atoms with Crippen LogP contribution in [-0.2, 0) is 45.7 Å². The molecule has 2 saturated heterocycles. The van der Waals surface area contributed by atoms with Gasteiger partial charge >= 0.3 is 20.4 Å². The molecule has 2 aliphatic rings. The van der Waals surface area contributed by atoms with Crippen molar-refractivity contribution in [1.82, 2.24) is 20.9 Å². The molecule has 0 atom stereocenters. The van der Waals surface area contributed by atoms with Gasteiger partial charge in [-0.3, -0.25) is 0 Å². The second-order valence-electron chi connectivity index (χ2n) is 4.19. The molecule has 2 heterocycles. The molecule has 0 bridgehead atoms. The zero-order chi connectivity index (χ0) is 13.4. The summed E-state index contributed by atoms with van der Waals surface area (Å²) in [4.78, 5) is 0. The molecule has 9 heteroatoms. The van der Waals surface area contributed by atoms with E-state index in [0.717, 1.165) is 26.2 Å². The van der Waals surface area contributed by atoms with Crippen LogP contribution in [-0.4, -0.2) is 44.8 Å². The molecule has 0 radical (unpaired) electrons. The number of rotatable bonds is 2. The Balaban J connectivity index is 0.000000324. The molecule has 0 spiro atoms. The average molecular weight is 429 g/mol. The number of thiocarbonyl (C=S) groups is 2. The first-order valence-electron chi connectivity index (χ1n) is 6.03. The Kier molecular flexibility index (Phi) is 11.9. The summed E-state index contributed by atoms with van der Waals surface area (Å²) in [7, 11) is 0. The average Bonchev–Trinajstić information content (AvgIpc) is 2.90. The van der Waals surface area contributed by atoms with E-state index in [-0.39, 0.29) is 20.4 Å². The van der Waals surface area contributed by atoms with Gasteiger partial charge in [0.15, 0.2) is 0 Å². The summed E-state index contributed by atoms with van der Waals surface area (Å²) in [5, 5.41) is 4.13. The van der Waals surface area contributed by atoms with E-state index in [0.29, 0.717) is 8.64 Å². The molecule has 2 rings (SSSR count). The van der Waals surface area contributed by atoms with Gasteiger partial charge in [0.25, 0.3) is 0 Å². The molecule has 0 saturated carbocycles. The van der Waals surface area contributed by atoms with Crippen molar-refractivity contribution >= 4 is 58.3 Å². The van der Waals surface area contributed by atoms with Gasteiger partial charge in [0, 0.05) is 26.2 Å². The van der Waals surface area contributed by atoms with Gasteiger partial charge in [-0.2, -0.15) is 0 Å². The van der Waals surface area contributed by atoms with E-state index in [2.05, 4.69) is 20.9 Å². The van der Waals surface area contributed by atoms with Crippen LogP contribution in [0.3, 0.4) is 0 Å². The fourth-order valence-corrected chi connectivity index (χ4v) is 2.43. The maximum atomic E-state index is 4.69. The molecular formula is C10H18N4PdS4. The molecule has 2 N–H and O–H groups in total. The van der Waals surface area contributed by atoms with Gasteiger partial charge in [0.05, 0.1) is 0 Å². The number of hydrazine groups is 2. The maximum absolute atomic E-state index is 4.69. The van der Waals surface area contributed by atoms with E-state index in [1.165, 1.54) is 25.7 Å². The Bertz CT molecular complexity index is 253. The summed E-state index contributed by atoms with van der Waals surface area (Å²) in [6.07, 6.45) is 5.02. The molecular weight excluding hydrogens is 411 g/mol. The number of nitrogens with one attached hydrogen (secondary N) is 2. The van der Waals surface area contributed by atoms with E-state index in [4.69, 9.17) is 49.7 Å². The predicted molar refractivity (Wildman–Crippen MR) is 87.8 cm³/mol. The first-order valence-corrected chi connectivity index (χ1v) is 7.66. The van der Waals surface area contributed by atoms with Gasteiger partial charge in [0.2, 0.25) is 0 Å². The van der Waals surface area contributed by atoms with Crippen LogP contribution in [0, 0.1) is 0 Å². The smallest absolute Gasteiger partial charge is 0.410 e. The third-order valence-corrected chi connectivity index (χ3v) is 3.08. The molecule has 2 aliphatic heterocycles. The molecule has 0 aromatic rings. The van der Waals surface area contributed by atoms with Crippen LogP contribution in [0.2, 0.25) is 0 Å².